The number of alkyl carbamates (subject to hydrolysis) is 1. The molecule has 6 nitrogen and oxygen atoms in total. The maximum absolute atomic E-state index is 12.1. The van der Waals surface area contributed by atoms with Gasteiger partial charge in [0, 0.05) is 0 Å². The predicted molar refractivity (Wildman–Crippen MR) is 81.9 cm³/mol. The Hall–Kier alpha value is -1.30. The molecule has 0 aliphatic heterocycles. The smallest absolute Gasteiger partial charge is 0.408 e. The number of esters is 1. The van der Waals surface area contributed by atoms with E-state index < -0.39 is 29.3 Å². The largest absolute Gasteiger partial charge is 0.458 e. The molecule has 0 aliphatic rings. The lowest BCUT2D eigenvalue weighted by Gasteiger charge is -2.26. The molecule has 0 aliphatic carbocycles. The van der Waals surface area contributed by atoms with E-state index in [0.717, 1.165) is 12.8 Å². The maximum Gasteiger partial charge on any atom is 0.408 e. The van der Waals surface area contributed by atoms with Crippen LogP contribution in [0.4, 0.5) is 4.79 Å². The SMILES string of the molecule is CC(C)(C)OC(=O)N[C@H](CCCCN)C(=O)OC(C)(C)C. The zero-order valence-corrected chi connectivity index (χ0v) is 14.1. The normalized spacial score (nSPS) is 13.5. The Morgan fingerprint density at radius 3 is 1.95 bits per heavy atom. The number of carbonyl (C=O) groups excluding carboxylic acids is 2. The van der Waals surface area contributed by atoms with Crippen molar-refractivity contribution in [2.45, 2.75) is 78.0 Å². The van der Waals surface area contributed by atoms with Crippen LogP contribution in [0.2, 0.25) is 0 Å². The summed E-state index contributed by atoms with van der Waals surface area (Å²) in [5.41, 5.74) is 4.24. The average molecular weight is 302 g/mol. The monoisotopic (exact) mass is 302 g/mol. The first-order valence-corrected chi connectivity index (χ1v) is 7.37. The molecule has 1 atom stereocenters. The summed E-state index contributed by atoms with van der Waals surface area (Å²) in [6, 6.07) is -0.717. The third-order valence-corrected chi connectivity index (χ3v) is 2.33. The van der Waals surface area contributed by atoms with Crippen molar-refractivity contribution in [2.75, 3.05) is 6.54 Å². The average Bonchev–Trinajstić information content (AvgIpc) is 2.22. The number of amides is 1. The lowest BCUT2D eigenvalue weighted by Crippen LogP contribution is -2.46. The standard InChI is InChI=1S/C15H30N2O4/c1-14(2,3)20-12(18)11(9-7-8-10-16)17-13(19)21-15(4,5)6/h11H,7-10,16H2,1-6H3,(H,17,19)/t11-/m1/s1. The molecule has 0 rings (SSSR count). The summed E-state index contributed by atoms with van der Waals surface area (Å²) in [6.07, 6.45) is 1.38. The first kappa shape index (κ1) is 19.7. The minimum absolute atomic E-state index is 0.453. The molecule has 0 radical (unpaired) electrons. The summed E-state index contributed by atoms with van der Waals surface area (Å²) >= 11 is 0. The molecule has 21 heavy (non-hydrogen) atoms. The lowest BCUT2D eigenvalue weighted by molar-refractivity contribution is -0.157. The second-order valence-electron chi connectivity index (χ2n) is 7.02. The fourth-order valence-corrected chi connectivity index (χ4v) is 1.56. The van der Waals surface area contributed by atoms with Gasteiger partial charge < -0.3 is 20.5 Å². The van der Waals surface area contributed by atoms with Crippen LogP contribution in [0.1, 0.15) is 60.8 Å². The Balaban J connectivity index is 4.65. The van der Waals surface area contributed by atoms with E-state index in [-0.39, 0.29) is 0 Å². The van der Waals surface area contributed by atoms with Crippen LogP contribution in [0.15, 0.2) is 0 Å². The fraction of sp³-hybridized carbons (Fsp3) is 0.867. The van der Waals surface area contributed by atoms with Crippen LogP contribution in [-0.4, -0.2) is 35.9 Å². The van der Waals surface area contributed by atoms with Gasteiger partial charge in [0.2, 0.25) is 0 Å². The molecule has 124 valence electrons. The Kier molecular flexibility index (Phi) is 7.71. The summed E-state index contributed by atoms with van der Waals surface area (Å²) in [5, 5.41) is 2.58. The van der Waals surface area contributed by atoms with Gasteiger partial charge in [-0.25, -0.2) is 9.59 Å². The minimum Gasteiger partial charge on any atom is -0.458 e. The van der Waals surface area contributed by atoms with E-state index in [1.807, 2.05) is 0 Å². The van der Waals surface area contributed by atoms with Gasteiger partial charge in [0.25, 0.3) is 0 Å². The van der Waals surface area contributed by atoms with Crippen molar-refractivity contribution < 1.29 is 19.1 Å². The first-order valence-electron chi connectivity index (χ1n) is 7.37. The molecule has 0 spiro atoms. The highest BCUT2D eigenvalue weighted by atomic mass is 16.6. The van der Waals surface area contributed by atoms with E-state index in [4.69, 9.17) is 15.2 Å². The van der Waals surface area contributed by atoms with Crippen LogP contribution in [0.25, 0.3) is 0 Å². The van der Waals surface area contributed by atoms with Crippen molar-refractivity contribution in [1.82, 2.24) is 5.32 Å². The highest BCUT2D eigenvalue weighted by molar-refractivity contribution is 5.81. The molecular formula is C15H30N2O4. The van der Waals surface area contributed by atoms with E-state index in [2.05, 4.69) is 5.32 Å². The highest BCUT2D eigenvalue weighted by Crippen LogP contribution is 2.13. The van der Waals surface area contributed by atoms with Crippen molar-refractivity contribution >= 4 is 12.1 Å². The fourth-order valence-electron chi connectivity index (χ4n) is 1.56. The number of rotatable bonds is 6. The molecule has 0 heterocycles. The van der Waals surface area contributed by atoms with Gasteiger partial charge in [0.1, 0.15) is 17.2 Å². The third kappa shape index (κ3) is 11.1. The van der Waals surface area contributed by atoms with E-state index >= 15 is 0 Å². The first-order chi connectivity index (χ1) is 9.44. The molecule has 0 aromatic carbocycles. The van der Waals surface area contributed by atoms with E-state index in [0.29, 0.717) is 13.0 Å². The van der Waals surface area contributed by atoms with Gasteiger partial charge in [0.15, 0.2) is 0 Å². The topological polar surface area (TPSA) is 90.6 Å². The molecule has 0 aromatic heterocycles. The number of nitrogens with one attached hydrogen (secondary N) is 1. The van der Waals surface area contributed by atoms with Gasteiger partial charge >= 0.3 is 12.1 Å². The molecule has 1 amide bonds. The predicted octanol–water partition coefficient (Wildman–Crippen LogP) is 2.35. The van der Waals surface area contributed by atoms with E-state index in [1.54, 1.807) is 41.5 Å². The molecule has 0 fully saturated rings. The summed E-state index contributed by atoms with van der Waals surface area (Å²) in [6.45, 7) is 11.2. The van der Waals surface area contributed by atoms with Crippen LogP contribution in [0.3, 0.4) is 0 Å². The number of unbranched alkanes of at least 4 members (excludes halogenated alkanes) is 1. The van der Waals surface area contributed by atoms with Crippen LogP contribution in [-0.2, 0) is 14.3 Å². The number of carbonyl (C=O) groups is 2. The van der Waals surface area contributed by atoms with Gasteiger partial charge in [0.05, 0.1) is 0 Å². The molecule has 0 saturated heterocycles. The Morgan fingerprint density at radius 2 is 1.52 bits per heavy atom. The number of nitrogens with two attached hydrogens (primary N) is 1. The van der Waals surface area contributed by atoms with E-state index in [1.165, 1.54) is 0 Å². The van der Waals surface area contributed by atoms with Crippen LogP contribution in [0, 0.1) is 0 Å². The number of hydrogen-bond donors (Lipinski definition) is 2. The Labute approximate surface area is 127 Å². The van der Waals surface area contributed by atoms with Crippen molar-refractivity contribution in [1.29, 1.82) is 0 Å². The zero-order chi connectivity index (χ0) is 16.7. The second-order valence-corrected chi connectivity index (χ2v) is 7.02. The van der Waals surface area contributed by atoms with Gasteiger partial charge in [-0.2, -0.15) is 0 Å². The highest BCUT2D eigenvalue weighted by Gasteiger charge is 2.28. The molecular weight excluding hydrogens is 272 g/mol. The minimum atomic E-state index is -0.717. The molecule has 0 saturated carbocycles. The summed E-state index contributed by atoms with van der Waals surface area (Å²) in [5.74, 6) is -0.453. The third-order valence-electron chi connectivity index (χ3n) is 2.33. The molecule has 0 aromatic rings. The maximum atomic E-state index is 12.1. The molecule has 0 bridgehead atoms. The molecule has 6 heteroatoms. The van der Waals surface area contributed by atoms with Gasteiger partial charge in [-0.3, -0.25) is 0 Å². The van der Waals surface area contributed by atoms with E-state index in [9.17, 15) is 9.59 Å². The summed E-state index contributed by atoms with van der Waals surface area (Å²) in [4.78, 5) is 23.9. The van der Waals surface area contributed by atoms with Crippen LogP contribution < -0.4 is 11.1 Å². The zero-order valence-electron chi connectivity index (χ0n) is 14.1. The Morgan fingerprint density at radius 1 is 1.00 bits per heavy atom. The number of hydrogen-bond acceptors (Lipinski definition) is 5. The van der Waals surface area contributed by atoms with Gasteiger partial charge in [-0.05, 0) is 67.3 Å². The summed E-state index contributed by atoms with van der Waals surface area (Å²) < 4.78 is 10.5. The van der Waals surface area contributed by atoms with Crippen molar-refractivity contribution in [3.63, 3.8) is 0 Å². The van der Waals surface area contributed by atoms with Crippen molar-refractivity contribution in [3.05, 3.63) is 0 Å². The molecule has 3 N–H and O–H groups in total. The number of ether oxygens (including phenoxy) is 2. The molecule has 0 unspecified atom stereocenters. The summed E-state index contributed by atoms with van der Waals surface area (Å²) in [7, 11) is 0. The Bertz CT molecular complexity index is 343. The van der Waals surface area contributed by atoms with Crippen LogP contribution in [0.5, 0.6) is 0 Å². The van der Waals surface area contributed by atoms with Crippen LogP contribution >= 0.6 is 0 Å². The van der Waals surface area contributed by atoms with Gasteiger partial charge in [-0.15, -0.1) is 0 Å². The quantitative estimate of drug-likeness (QED) is 0.580. The van der Waals surface area contributed by atoms with Crippen molar-refractivity contribution in [2.24, 2.45) is 5.73 Å². The lowest BCUT2D eigenvalue weighted by atomic mass is 10.1. The van der Waals surface area contributed by atoms with Gasteiger partial charge in [-0.1, -0.05) is 0 Å². The second kappa shape index (κ2) is 8.22. The van der Waals surface area contributed by atoms with Crippen molar-refractivity contribution in [3.8, 4) is 0 Å².